The van der Waals surface area contributed by atoms with Crippen molar-refractivity contribution < 1.29 is 5.11 Å². The van der Waals surface area contributed by atoms with E-state index in [0.29, 0.717) is 17.3 Å². The predicted octanol–water partition coefficient (Wildman–Crippen LogP) is 1.41. The molecule has 13 heavy (non-hydrogen) atoms. The first-order valence-electron chi connectivity index (χ1n) is 4.93. The van der Waals surface area contributed by atoms with E-state index in [1.165, 1.54) is 6.42 Å². The van der Waals surface area contributed by atoms with E-state index in [1.54, 1.807) is 0 Å². The molecular formula is C10H20ClNO. The van der Waals surface area contributed by atoms with Gasteiger partial charge in [-0.15, -0.1) is 12.4 Å². The fourth-order valence-electron chi connectivity index (χ4n) is 3.16. The Morgan fingerprint density at radius 3 is 2.38 bits per heavy atom. The lowest BCUT2D eigenvalue weighted by Crippen LogP contribution is -2.61. The first-order chi connectivity index (χ1) is 5.57. The van der Waals surface area contributed by atoms with Gasteiger partial charge in [0.2, 0.25) is 0 Å². The fraction of sp³-hybridized carbons (Fsp3) is 1.00. The zero-order valence-electron chi connectivity index (χ0n) is 8.36. The smallest absolute Gasteiger partial charge is 0.0474 e. The van der Waals surface area contributed by atoms with E-state index in [1.807, 2.05) is 0 Å². The summed E-state index contributed by atoms with van der Waals surface area (Å²) in [6.07, 6.45) is 2.44. The maximum absolute atomic E-state index is 9.09. The predicted molar refractivity (Wildman–Crippen MR) is 55.8 cm³/mol. The van der Waals surface area contributed by atoms with Gasteiger partial charge in [0.25, 0.3) is 0 Å². The van der Waals surface area contributed by atoms with Crippen LogP contribution in [-0.2, 0) is 0 Å². The first kappa shape index (κ1) is 11.3. The summed E-state index contributed by atoms with van der Waals surface area (Å²) >= 11 is 0. The largest absolute Gasteiger partial charge is 0.396 e. The van der Waals surface area contributed by atoms with Gasteiger partial charge in [-0.2, -0.15) is 0 Å². The van der Waals surface area contributed by atoms with Gasteiger partial charge in [0.1, 0.15) is 0 Å². The molecule has 0 heterocycles. The Hall–Kier alpha value is 0.210. The van der Waals surface area contributed by atoms with Crippen LogP contribution in [-0.4, -0.2) is 17.8 Å². The van der Waals surface area contributed by atoms with Crippen molar-refractivity contribution in [3.63, 3.8) is 0 Å². The molecule has 3 N–H and O–H groups in total. The first-order valence-corrected chi connectivity index (χ1v) is 4.93. The summed E-state index contributed by atoms with van der Waals surface area (Å²) in [5.41, 5.74) is 6.54. The molecule has 3 heteroatoms. The van der Waals surface area contributed by atoms with E-state index in [2.05, 4.69) is 13.8 Å². The summed E-state index contributed by atoms with van der Waals surface area (Å²) in [4.78, 5) is 0. The minimum absolute atomic E-state index is 0. The average Bonchev–Trinajstić information content (AvgIpc) is 2.03. The summed E-state index contributed by atoms with van der Waals surface area (Å²) < 4.78 is 0. The second-order valence-electron chi connectivity index (χ2n) is 5.12. The molecule has 0 saturated heterocycles. The second kappa shape index (κ2) is 3.41. The molecular weight excluding hydrogens is 186 g/mol. The van der Waals surface area contributed by atoms with Crippen LogP contribution in [0.25, 0.3) is 0 Å². The number of aliphatic hydroxyl groups is 1. The molecule has 0 aromatic carbocycles. The SMILES string of the molecule is CC1(C)[C@@H]2C[C@H](CO)[C@@H](N)[C@@H]1C2.Cl. The number of fused-ring (bicyclic) bond motifs is 2. The van der Waals surface area contributed by atoms with Gasteiger partial charge in [0, 0.05) is 12.6 Å². The normalized spacial score (nSPS) is 46.2. The van der Waals surface area contributed by atoms with Crippen molar-refractivity contribution in [3.8, 4) is 0 Å². The maximum atomic E-state index is 9.09. The molecule has 2 nitrogen and oxygen atoms in total. The molecule has 3 aliphatic rings. The quantitative estimate of drug-likeness (QED) is 0.680. The Balaban J connectivity index is 0.000000845. The molecule has 3 aliphatic carbocycles. The van der Waals surface area contributed by atoms with Crippen LogP contribution in [0.2, 0.25) is 0 Å². The lowest BCUT2D eigenvalue weighted by Gasteiger charge is -2.61. The van der Waals surface area contributed by atoms with Crippen molar-refractivity contribution >= 4 is 12.4 Å². The minimum atomic E-state index is 0. The van der Waals surface area contributed by atoms with Gasteiger partial charge < -0.3 is 10.8 Å². The highest BCUT2D eigenvalue weighted by atomic mass is 35.5. The van der Waals surface area contributed by atoms with Crippen LogP contribution >= 0.6 is 12.4 Å². The van der Waals surface area contributed by atoms with Crippen LogP contribution in [0.15, 0.2) is 0 Å². The molecule has 0 unspecified atom stereocenters. The Morgan fingerprint density at radius 1 is 1.38 bits per heavy atom. The van der Waals surface area contributed by atoms with Crippen molar-refractivity contribution in [1.29, 1.82) is 0 Å². The van der Waals surface area contributed by atoms with Crippen molar-refractivity contribution in [1.82, 2.24) is 0 Å². The van der Waals surface area contributed by atoms with Gasteiger partial charge in [0.05, 0.1) is 0 Å². The second-order valence-corrected chi connectivity index (χ2v) is 5.12. The zero-order valence-corrected chi connectivity index (χ0v) is 9.18. The highest BCUT2D eigenvalue weighted by molar-refractivity contribution is 5.85. The van der Waals surface area contributed by atoms with Crippen molar-refractivity contribution in [2.24, 2.45) is 28.9 Å². The third kappa shape index (κ3) is 1.39. The van der Waals surface area contributed by atoms with Gasteiger partial charge in [-0.3, -0.25) is 0 Å². The maximum Gasteiger partial charge on any atom is 0.0474 e. The van der Waals surface area contributed by atoms with Gasteiger partial charge in [-0.25, -0.2) is 0 Å². The molecule has 0 radical (unpaired) electrons. The summed E-state index contributed by atoms with van der Waals surface area (Å²) in [6.45, 7) is 4.92. The Bertz CT molecular complexity index is 195. The van der Waals surface area contributed by atoms with Crippen LogP contribution < -0.4 is 5.73 Å². The molecule has 4 atom stereocenters. The zero-order chi connectivity index (χ0) is 8.93. The van der Waals surface area contributed by atoms with E-state index in [-0.39, 0.29) is 25.1 Å². The topological polar surface area (TPSA) is 46.2 Å². The van der Waals surface area contributed by atoms with Gasteiger partial charge in [-0.05, 0) is 36.0 Å². The standard InChI is InChI=1S/C10H19NO.ClH/c1-10(2)7-3-6(5-12)9(11)8(10)4-7;/h6-9,12H,3-5,11H2,1-2H3;1H/t6-,7-,8+,9-;/m1./s1. The highest BCUT2D eigenvalue weighted by Crippen LogP contribution is 2.59. The monoisotopic (exact) mass is 205 g/mol. The molecule has 0 spiro atoms. The average molecular weight is 206 g/mol. The van der Waals surface area contributed by atoms with Crippen LogP contribution in [0.3, 0.4) is 0 Å². The number of aliphatic hydroxyl groups excluding tert-OH is 1. The van der Waals surface area contributed by atoms with Crippen LogP contribution in [0.5, 0.6) is 0 Å². The van der Waals surface area contributed by atoms with Crippen molar-refractivity contribution in [2.45, 2.75) is 32.7 Å². The van der Waals surface area contributed by atoms with E-state index in [0.717, 1.165) is 12.3 Å². The van der Waals surface area contributed by atoms with Crippen LogP contribution in [0.4, 0.5) is 0 Å². The van der Waals surface area contributed by atoms with Crippen molar-refractivity contribution in [3.05, 3.63) is 0 Å². The molecule has 0 aromatic rings. The molecule has 0 aromatic heterocycles. The Kier molecular flexibility index (Phi) is 2.96. The Labute approximate surface area is 86.3 Å². The molecule has 3 rings (SSSR count). The molecule has 3 fully saturated rings. The van der Waals surface area contributed by atoms with Crippen LogP contribution in [0, 0.1) is 23.2 Å². The van der Waals surface area contributed by atoms with Gasteiger partial charge in [-0.1, -0.05) is 13.8 Å². The number of nitrogens with two attached hydrogens (primary N) is 1. The lowest BCUT2D eigenvalue weighted by atomic mass is 9.45. The molecule has 3 saturated carbocycles. The van der Waals surface area contributed by atoms with E-state index < -0.39 is 0 Å². The van der Waals surface area contributed by atoms with Crippen LogP contribution in [0.1, 0.15) is 26.7 Å². The van der Waals surface area contributed by atoms with Gasteiger partial charge >= 0.3 is 0 Å². The fourth-order valence-corrected chi connectivity index (χ4v) is 3.16. The van der Waals surface area contributed by atoms with E-state index >= 15 is 0 Å². The summed E-state index contributed by atoms with van der Waals surface area (Å²) in [5.74, 6) is 1.86. The summed E-state index contributed by atoms with van der Waals surface area (Å²) in [7, 11) is 0. The van der Waals surface area contributed by atoms with E-state index in [9.17, 15) is 0 Å². The third-order valence-corrected chi connectivity index (χ3v) is 4.38. The lowest BCUT2D eigenvalue weighted by molar-refractivity contribution is -0.113. The van der Waals surface area contributed by atoms with Gasteiger partial charge in [0.15, 0.2) is 0 Å². The van der Waals surface area contributed by atoms with E-state index in [4.69, 9.17) is 10.8 Å². The number of hydrogen-bond acceptors (Lipinski definition) is 2. The molecule has 78 valence electrons. The molecule has 0 aliphatic heterocycles. The Morgan fingerprint density at radius 2 is 2.00 bits per heavy atom. The summed E-state index contributed by atoms with van der Waals surface area (Å²) in [5, 5.41) is 9.09. The number of hydrogen-bond donors (Lipinski definition) is 2. The van der Waals surface area contributed by atoms with Crippen molar-refractivity contribution in [2.75, 3.05) is 6.61 Å². The molecule has 0 amide bonds. The number of rotatable bonds is 1. The molecule has 2 bridgehead atoms. The minimum Gasteiger partial charge on any atom is -0.396 e. The third-order valence-electron chi connectivity index (χ3n) is 4.38. The number of halogens is 1. The summed E-state index contributed by atoms with van der Waals surface area (Å²) in [6, 6.07) is 0.245. The highest BCUT2D eigenvalue weighted by Gasteiger charge is 2.56.